The first-order chi connectivity index (χ1) is 23.6. The summed E-state index contributed by atoms with van der Waals surface area (Å²) in [5.41, 5.74) is 4.13. The number of methoxy groups -OCH3 is 1. The highest BCUT2D eigenvalue weighted by molar-refractivity contribution is 7.85. The fraction of sp³-hybridized carbons (Fsp3) is 0.206. The minimum atomic E-state index is -4.38. The number of aromatic nitrogens is 3. The summed E-state index contributed by atoms with van der Waals surface area (Å²) in [6.07, 6.45) is 0.578. The summed E-state index contributed by atoms with van der Waals surface area (Å²) in [4.78, 5) is 15.5. The van der Waals surface area contributed by atoms with Crippen LogP contribution in [0.25, 0.3) is 0 Å². The molecule has 0 aliphatic rings. The molecule has 1 aromatic heterocycles. The third-order valence-electron chi connectivity index (χ3n) is 7.25. The molecule has 252 valence electrons. The van der Waals surface area contributed by atoms with Crippen molar-refractivity contribution in [3.63, 3.8) is 0 Å². The van der Waals surface area contributed by atoms with E-state index < -0.39 is 10.1 Å². The third kappa shape index (κ3) is 9.55. The molecule has 3 N–H and O–H groups in total. The molecule has 14 nitrogen and oxygen atoms in total. The molecule has 0 saturated heterocycles. The Morgan fingerprint density at radius 3 is 1.92 bits per heavy atom. The van der Waals surface area contributed by atoms with Gasteiger partial charge in [-0.3, -0.25) is 4.55 Å². The standard InChI is InChI=1S/C34H34N8O6S/c1-42(15-16-43)34-36-32(18-23-11-13-28(17-25(23)22-44)40-39-27-9-6-10-30(20-27)49(45,46)47)35-33(37-34)19-24-12-14-29(21-31(24)48-2)41-38-26-7-4-3-5-8-26/h3-14,17,20-21,43-44H,15-16,18-19,22H2,1-2H3,(H,45,46,47). The van der Waals surface area contributed by atoms with Crippen molar-refractivity contribution in [2.24, 2.45) is 20.5 Å². The Hall–Kier alpha value is -5.48. The molecule has 0 radical (unpaired) electrons. The second kappa shape index (κ2) is 16.1. The van der Waals surface area contributed by atoms with Gasteiger partial charge in [0.25, 0.3) is 10.1 Å². The van der Waals surface area contributed by atoms with E-state index in [9.17, 15) is 23.2 Å². The molecule has 0 aliphatic carbocycles. The summed E-state index contributed by atoms with van der Waals surface area (Å²) < 4.78 is 37.9. The second-order valence-corrected chi connectivity index (χ2v) is 12.2. The molecule has 15 heteroatoms. The van der Waals surface area contributed by atoms with E-state index in [0.29, 0.717) is 53.3 Å². The van der Waals surface area contributed by atoms with Gasteiger partial charge in [-0.15, -0.1) is 0 Å². The van der Waals surface area contributed by atoms with Crippen molar-refractivity contribution < 1.29 is 27.9 Å². The summed E-state index contributed by atoms with van der Waals surface area (Å²) in [5.74, 6) is 1.89. The molecule has 0 unspecified atom stereocenters. The number of aliphatic hydroxyl groups excluding tert-OH is 2. The number of aliphatic hydroxyl groups is 2. The number of likely N-dealkylation sites (N-methyl/N-ethyl adjacent to an activating group) is 1. The first-order valence-electron chi connectivity index (χ1n) is 15.1. The Bertz CT molecular complexity index is 2080. The van der Waals surface area contributed by atoms with Crippen molar-refractivity contribution in [1.29, 1.82) is 0 Å². The summed E-state index contributed by atoms with van der Waals surface area (Å²) in [6, 6.07) is 25.5. The van der Waals surface area contributed by atoms with Crippen LogP contribution in [0.5, 0.6) is 5.75 Å². The molecule has 0 bridgehead atoms. The van der Waals surface area contributed by atoms with E-state index in [4.69, 9.17) is 9.72 Å². The van der Waals surface area contributed by atoms with Gasteiger partial charge in [-0.05, 0) is 59.7 Å². The van der Waals surface area contributed by atoms with E-state index in [1.807, 2.05) is 42.5 Å². The topological polar surface area (TPSA) is 195 Å². The van der Waals surface area contributed by atoms with Crippen LogP contribution in [0.15, 0.2) is 116 Å². The van der Waals surface area contributed by atoms with E-state index in [2.05, 4.69) is 30.4 Å². The van der Waals surface area contributed by atoms with Crippen LogP contribution in [0, 0.1) is 0 Å². The van der Waals surface area contributed by atoms with Gasteiger partial charge in [0.1, 0.15) is 17.4 Å². The number of azo groups is 2. The first kappa shape index (κ1) is 34.8. The molecule has 0 fully saturated rings. The molecule has 0 spiro atoms. The van der Waals surface area contributed by atoms with Crippen molar-refractivity contribution >= 4 is 38.8 Å². The predicted molar refractivity (Wildman–Crippen MR) is 182 cm³/mol. The van der Waals surface area contributed by atoms with Gasteiger partial charge in [0.2, 0.25) is 5.95 Å². The zero-order chi connectivity index (χ0) is 34.8. The number of benzene rings is 4. The van der Waals surface area contributed by atoms with E-state index >= 15 is 0 Å². The van der Waals surface area contributed by atoms with Gasteiger partial charge >= 0.3 is 0 Å². The highest BCUT2D eigenvalue weighted by Gasteiger charge is 2.16. The van der Waals surface area contributed by atoms with Crippen LogP contribution in [0.1, 0.15) is 28.3 Å². The Morgan fingerprint density at radius 2 is 1.29 bits per heavy atom. The second-order valence-electron chi connectivity index (χ2n) is 10.8. The van der Waals surface area contributed by atoms with Crippen molar-refractivity contribution in [3.8, 4) is 5.75 Å². The fourth-order valence-corrected chi connectivity index (χ4v) is 5.26. The lowest BCUT2D eigenvalue weighted by Gasteiger charge is -2.18. The molecule has 0 atom stereocenters. The average molecular weight is 683 g/mol. The van der Waals surface area contributed by atoms with Crippen molar-refractivity contribution in [3.05, 3.63) is 119 Å². The molecule has 5 aromatic rings. The normalized spacial score (nSPS) is 11.8. The molecule has 49 heavy (non-hydrogen) atoms. The van der Waals surface area contributed by atoms with E-state index in [-0.39, 0.29) is 30.2 Å². The SMILES string of the molecule is COc1cc(N=Nc2ccccc2)ccc1Cc1nc(Cc2ccc(N=Nc3cccc(S(=O)(=O)O)c3)cc2CO)nc(N(C)CCO)n1. The van der Waals surface area contributed by atoms with Crippen LogP contribution in [-0.2, 0) is 29.6 Å². The molecule has 0 amide bonds. The number of hydrogen-bond donors (Lipinski definition) is 3. The average Bonchev–Trinajstić information content (AvgIpc) is 3.11. The van der Waals surface area contributed by atoms with Gasteiger partial charge in [0, 0.05) is 38.1 Å². The number of anilines is 1. The Labute approximate surface area is 283 Å². The first-order valence-corrected chi connectivity index (χ1v) is 16.5. The number of rotatable bonds is 14. The molecule has 0 aliphatic heterocycles. The maximum atomic E-state index is 11.5. The minimum absolute atomic E-state index is 0.0928. The van der Waals surface area contributed by atoms with Gasteiger partial charge in [0.15, 0.2) is 0 Å². The lowest BCUT2D eigenvalue weighted by atomic mass is 10.0. The predicted octanol–water partition coefficient (Wildman–Crippen LogP) is 6.06. The third-order valence-corrected chi connectivity index (χ3v) is 8.10. The zero-order valence-electron chi connectivity index (χ0n) is 26.7. The molecular formula is C34H34N8O6S. The largest absolute Gasteiger partial charge is 0.496 e. The lowest BCUT2D eigenvalue weighted by molar-refractivity contribution is 0.281. The highest BCUT2D eigenvalue weighted by Crippen LogP contribution is 2.29. The molecular weight excluding hydrogens is 648 g/mol. The lowest BCUT2D eigenvalue weighted by Crippen LogP contribution is -2.25. The molecule has 1 heterocycles. The highest BCUT2D eigenvalue weighted by atomic mass is 32.2. The Morgan fingerprint density at radius 1 is 0.694 bits per heavy atom. The van der Waals surface area contributed by atoms with Crippen molar-refractivity contribution in [2.45, 2.75) is 24.3 Å². The number of hydrogen-bond acceptors (Lipinski definition) is 13. The van der Waals surface area contributed by atoms with Gasteiger partial charge in [0.05, 0.1) is 48.0 Å². The Kier molecular flexibility index (Phi) is 11.4. The van der Waals surface area contributed by atoms with E-state index in [1.165, 1.54) is 18.2 Å². The zero-order valence-corrected chi connectivity index (χ0v) is 27.6. The summed E-state index contributed by atoms with van der Waals surface area (Å²) in [5, 5.41) is 36.6. The van der Waals surface area contributed by atoms with Gasteiger partial charge in [-0.25, -0.2) is 4.98 Å². The van der Waals surface area contributed by atoms with E-state index in [0.717, 1.165) is 16.8 Å². The minimum Gasteiger partial charge on any atom is -0.496 e. The monoisotopic (exact) mass is 682 g/mol. The van der Waals surface area contributed by atoms with Crippen molar-refractivity contribution in [1.82, 2.24) is 15.0 Å². The summed E-state index contributed by atoms with van der Waals surface area (Å²) in [7, 11) is -1.03. The van der Waals surface area contributed by atoms with Crippen LogP contribution >= 0.6 is 0 Å². The maximum Gasteiger partial charge on any atom is 0.294 e. The quantitative estimate of drug-likeness (QED) is 0.0915. The van der Waals surface area contributed by atoms with Crippen LogP contribution in [0.2, 0.25) is 0 Å². The molecule has 5 rings (SSSR count). The maximum absolute atomic E-state index is 11.5. The van der Waals surface area contributed by atoms with E-state index in [1.54, 1.807) is 49.4 Å². The summed E-state index contributed by atoms with van der Waals surface area (Å²) >= 11 is 0. The van der Waals surface area contributed by atoms with Crippen molar-refractivity contribution in [2.75, 3.05) is 32.2 Å². The van der Waals surface area contributed by atoms with Gasteiger partial charge in [-0.1, -0.05) is 36.4 Å². The van der Waals surface area contributed by atoms with Crippen LogP contribution in [0.4, 0.5) is 28.7 Å². The van der Waals surface area contributed by atoms with Crippen LogP contribution < -0.4 is 9.64 Å². The Balaban J connectivity index is 1.40. The van der Waals surface area contributed by atoms with Crippen LogP contribution in [0.3, 0.4) is 0 Å². The molecule has 0 saturated carbocycles. The number of ether oxygens (including phenoxy) is 1. The number of nitrogens with zero attached hydrogens (tertiary/aromatic N) is 8. The fourth-order valence-electron chi connectivity index (χ4n) is 4.74. The van der Waals surface area contributed by atoms with Gasteiger partial charge < -0.3 is 19.8 Å². The van der Waals surface area contributed by atoms with Crippen LogP contribution in [-0.4, -0.2) is 65.4 Å². The van der Waals surface area contributed by atoms with Gasteiger partial charge in [-0.2, -0.15) is 38.8 Å². The smallest absolute Gasteiger partial charge is 0.294 e. The molecule has 4 aromatic carbocycles. The summed E-state index contributed by atoms with van der Waals surface area (Å²) in [6.45, 7) is -0.0795.